The van der Waals surface area contributed by atoms with Gasteiger partial charge in [-0.05, 0) is 43.0 Å². The molecule has 0 saturated heterocycles. The van der Waals surface area contributed by atoms with Crippen molar-refractivity contribution in [3.05, 3.63) is 28.2 Å². The van der Waals surface area contributed by atoms with Crippen LogP contribution in [0.5, 0.6) is 0 Å². The highest BCUT2D eigenvalue weighted by Gasteiger charge is 2.39. The maximum Gasteiger partial charge on any atom is 0.244 e. The fraction of sp³-hybridized carbons (Fsp3) is 0.529. The molecule has 0 atom stereocenters. The predicted molar refractivity (Wildman–Crippen MR) is 87.9 cm³/mol. The Hall–Kier alpha value is -1.34. The minimum Gasteiger partial charge on any atom is -0.324 e. The van der Waals surface area contributed by atoms with Crippen molar-refractivity contribution in [2.24, 2.45) is 5.41 Å². The maximum atomic E-state index is 12.7. The SMILES string of the molecule is CCc1cc(Br)ccc1NC(=O)C1(C#N)CCCCCC1. The summed E-state index contributed by atoms with van der Waals surface area (Å²) in [6.45, 7) is 2.06. The van der Waals surface area contributed by atoms with Crippen molar-refractivity contribution in [1.29, 1.82) is 5.26 Å². The Kier molecular flexibility index (Phi) is 5.41. The maximum absolute atomic E-state index is 12.7. The van der Waals surface area contributed by atoms with Crippen LogP contribution in [-0.4, -0.2) is 5.91 Å². The molecule has 0 unspecified atom stereocenters. The van der Waals surface area contributed by atoms with E-state index in [4.69, 9.17) is 0 Å². The van der Waals surface area contributed by atoms with E-state index in [9.17, 15) is 10.1 Å². The lowest BCUT2D eigenvalue weighted by atomic mass is 9.81. The van der Waals surface area contributed by atoms with Gasteiger partial charge < -0.3 is 5.32 Å². The lowest BCUT2D eigenvalue weighted by molar-refractivity contribution is -0.123. The van der Waals surface area contributed by atoms with E-state index in [0.29, 0.717) is 12.8 Å². The van der Waals surface area contributed by atoms with Crippen LogP contribution < -0.4 is 5.32 Å². The van der Waals surface area contributed by atoms with Crippen molar-refractivity contribution in [2.75, 3.05) is 5.32 Å². The van der Waals surface area contributed by atoms with Crippen LogP contribution in [-0.2, 0) is 11.2 Å². The van der Waals surface area contributed by atoms with E-state index in [1.54, 1.807) is 0 Å². The molecule has 0 spiro atoms. The topological polar surface area (TPSA) is 52.9 Å². The van der Waals surface area contributed by atoms with Gasteiger partial charge in [-0.3, -0.25) is 4.79 Å². The Morgan fingerprint density at radius 1 is 1.33 bits per heavy atom. The van der Waals surface area contributed by atoms with Gasteiger partial charge in [0.2, 0.25) is 5.91 Å². The van der Waals surface area contributed by atoms with Gasteiger partial charge in [-0.15, -0.1) is 0 Å². The number of nitrogens with zero attached hydrogens (tertiary/aromatic N) is 1. The number of carbonyl (C=O) groups excluding carboxylic acids is 1. The monoisotopic (exact) mass is 348 g/mol. The summed E-state index contributed by atoms with van der Waals surface area (Å²) < 4.78 is 1.00. The molecular weight excluding hydrogens is 328 g/mol. The Labute approximate surface area is 134 Å². The third-order valence-electron chi connectivity index (χ3n) is 4.30. The van der Waals surface area contributed by atoms with Crippen LogP contribution in [0.25, 0.3) is 0 Å². The van der Waals surface area contributed by atoms with Gasteiger partial charge in [-0.2, -0.15) is 5.26 Å². The van der Waals surface area contributed by atoms with Crippen molar-refractivity contribution >= 4 is 27.5 Å². The molecule has 1 aromatic rings. The molecule has 1 amide bonds. The van der Waals surface area contributed by atoms with Gasteiger partial charge in [0.25, 0.3) is 0 Å². The molecule has 1 aliphatic carbocycles. The fourth-order valence-corrected chi connectivity index (χ4v) is 3.35. The highest BCUT2D eigenvalue weighted by molar-refractivity contribution is 9.10. The quantitative estimate of drug-likeness (QED) is 0.796. The highest BCUT2D eigenvalue weighted by atomic mass is 79.9. The first-order chi connectivity index (χ1) is 10.1. The van der Waals surface area contributed by atoms with Crippen molar-refractivity contribution in [3.8, 4) is 6.07 Å². The molecule has 1 N–H and O–H groups in total. The summed E-state index contributed by atoms with van der Waals surface area (Å²) in [5, 5.41) is 12.6. The van der Waals surface area contributed by atoms with Gasteiger partial charge in [0.05, 0.1) is 6.07 Å². The number of hydrogen-bond acceptors (Lipinski definition) is 2. The van der Waals surface area contributed by atoms with Gasteiger partial charge in [0.15, 0.2) is 0 Å². The molecule has 1 aliphatic rings. The van der Waals surface area contributed by atoms with E-state index >= 15 is 0 Å². The summed E-state index contributed by atoms with van der Waals surface area (Å²) >= 11 is 3.45. The molecule has 0 aliphatic heterocycles. The minimum atomic E-state index is -0.853. The van der Waals surface area contributed by atoms with Gasteiger partial charge in [0, 0.05) is 10.2 Å². The molecule has 0 heterocycles. The number of amides is 1. The number of halogens is 1. The molecule has 1 saturated carbocycles. The Morgan fingerprint density at radius 3 is 2.57 bits per heavy atom. The summed E-state index contributed by atoms with van der Waals surface area (Å²) in [4.78, 5) is 12.7. The molecule has 3 nitrogen and oxygen atoms in total. The number of nitrogens with one attached hydrogen (secondary N) is 1. The molecule has 4 heteroatoms. The average Bonchev–Trinajstić information content (AvgIpc) is 2.75. The molecule has 0 radical (unpaired) electrons. The Balaban J connectivity index is 2.22. The third-order valence-corrected chi connectivity index (χ3v) is 4.80. The zero-order chi connectivity index (χ0) is 15.3. The molecule has 1 aromatic carbocycles. The normalized spacial score (nSPS) is 17.6. The molecule has 1 fully saturated rings. The molecule has 0 aromatic heterocycles. The largest absolute Gasteiger partial charge is 0.324 e. The second kappa shape index (κ2) is 7.09. The highest BCUT2D eigenvalue weighted by Crippen LogP contribution is 2.36. The summed E-state index contributed by atoms with van der Waals surface area (Å²) in [7, 11) is 0. The first-order valence-corrected chi connectivity index (χ1v) is 8.42. The lowest BCUT2D eigenvalue weighted by Gasteiger charge is -2.24. The van der Waals surface area contributed by atoms with Crippen LogP contribution in [0.4, 0.5) is 5.69 Å². The van der Waals surface area contributed by atoms with E-state index in [1.807, 2.05) is 18.2 Å². The third kappa shape index (κ3) is 3.65. The van der Waals surface area contributed by atoms with Gasteiger partial charge >= 0.3 is 0 Å². The van der Waals surface area contributed by atoms with E-state index < -0.39 is 5.41 Å². The van der Waals surface area contributed by atoms with Crippen LogP contribution >= 0.6 is 15.9 Å². The molecule has 112 valence electrons. The number of anilines is 1. The van der Waals surface area contributed by atoms with E-state index in [0.717, 1.165) is 47.8 Å². The molecule has 21 heavy (non-hydrogen) atoms. The summed E-state index contributed by atoms with van der Waals surface area (Å²) in [5.74, 6) is -0.135. The van der Waals surface area contributed by atoms with Crippen LogP contribution in [0.15, 0.2) is 22.7 Å². The Bertz CT molecular complexity index is 554. The smallest absolute Gasteiger partial charge is 0.244 e. The standard InChI is InChI=1S/C17H21BrN2O/c1-2-13-11-14(18)7-8-15(13)20-16(21)17(12-19)9-5-3-4-6-10-17/h7-8,11H,2-6,9-10H2,1H3,(H,20,21). The zero-order valence-corrected chi connectivity index (χ0v) is 14.0. The Morgan fingerprint density at radius 2 is 2.00 bits per heavy atom. The number of aryl methyl sites for hydroxylation is 1. The van der Waals surface area contributed by atoms with Crippen LogP contribution in [0.2, 0.25) is 0 Å². The molecular formula is C17H21BrN2O. The van der Waals surface area contributed by atoms with Crippen LogP contribution in [0, 0.1) is 16.7 Å². The molecule has 0 bridgehead atoms. The van der Waals surface area contributed by atoms with Crippen LogP contribution in [0.3, 0.4) is 0 Å². The van der Waals surface area contributed by atoms with Crippen molar-refractivity contribution < 1.29 is 4.79 Å². The summed E-state index contributed by atoms with van der Waals surface area (Å²) in [6, 6.07) is 8.14. The predicted octanol–water partition coefficient (Wildman–Crippen LogP) is 4.81. The van der Waals surface area contributed by atoms with Gasteiger partial charge in [-0.1, -0.05) is 48.5 Å². The summed E-state index contributed by atoms with van der Waals surface area (Å²) in [6.07, 6.45) is 6.35. The zero-order valence-electron chi connectivity index (χ0n) is 12.4. The number of benzene rings is 1. The number of nitriles is 1. The van der Waals surface area contributed by atoms with Crippen molar-refractivity contribution in [3.63, 3.8) is 0 Å². The first kappa shape index (κ1) is 16.0. The van der Waals surface area contributed by atoms with Crippen LogP contribution in [0.1, 0.15) is 51.0 Å². The van der Waals surface area contributed by atoms with E-state index in [1.165, 1.54) is 0 Å². The minimum absolute atomic E-state index is 0.135. The fourth-order valence-electron chi connectivity index (χ4n) is 2.94. The number of carbonyl (C=O) groups is 1. The molecule has 2 rings (SSSR count). The summed E-state index contributed by atoms with van der Waals surface area (Å²) in [5.41, 5.74) is 1.05. The second-order valence-corrected chi connectivity index (χ2v) is 6.63. The van der Waals surface area contributed by atoms with Crippen molar-refractivity contribution in [1.82, 2.24) is 0 Å². The number of rotatable bonds is 3. The van der Waals surface area contributed by atoms with Gasteiger partial charge in [0.1, 0.15) is 5.41 Å². The first-order valence-electron chi connectivity index (χ1n) is 7.62. The lowest BCUT2D eigenvalue weighted by Crippen LogP contribution is -2.34. The van der Waals surface area contributed by atoms with Crippen molar-refractivity contribution in [2.45, 2.75) is 51.9 Å². The van der Waals surface area contributed by atoms with E-state index in [-0.39, 0.29) is 5.91 Å². The van der Waals surface area contributed by atoms with Gasteiger partial charge in [-0.25, -0.2) is 0 Å². The number of hydrogen-bond donors (Lipinski definition) is 1. The van der Waals surface area contributed by atoms with E-state index in [2.05, 4.69) is 34.2 Å². The average molecular weight is 349 g/mol. The second-order valence-electron chi connectivity index (χ2n) is 5.72.